The number of rotatable bonds is 2. The molecule has 5 heteroatoms. The third kappa shape index (κ3) is 2.21. The van der Waals surface area contributed by atoms with Gasteiger partial charge in [-0.1, -0.05) is 11.6 Å². The lowest BCUT2D eigenvalue weighted by Gasteiger charge is -2.07. The lowest BCUT2D eigenvalue weighted by atomic mass is 10.1. The molecule has 0 bridgehead atoms. The Hall–Kier alpha value is -1.13. The number of esters is 1. The fourth-order valence-electron chi connectivity index (χ4n) is 0.966. The maximum atomic E-state index is 11.2. The van der Waals surface area contributed by atoms with Crippen molar-refractivity contribution in [2.45, 2.75) is 13.0 Å². The Morgan fingerprint density at radius 3 is 2.86 bits per heavy atom. The van der Waals surface area contributed by atoms with Gasteiger partial charge in [-0.15, -0.1) is 0 Å². The maximum absolute atomic E-state index is 11.2. The van der Waals surface area contributed by atoms with Crippen LogP contribution < -0.4 is 5.73 Å². The zero-order valence-corrected chi connectivity index (χ0v) is 8.71. The first-order valence-corrected chi connectivity index (χ1v) is 4.43. The number of pyridine rings is 1. The summed E-state index contributed by atoms with van der Waals surface area (Å²) in [5.74, 6) is -0.509. The maximum Gasteiger partial charge on any atom is 0.341 e. The first-order valence-electron chi connectivity index (χ1n) is 4.05. The van der Waals surface area contributed by atoms with Gasteiger partial charge in [0, 0.05) is 12.2 Å². The lowest BCUT2D eigenvalue weighted by Crippen LogP contribution is -2.09. The van der Waals surface area contributed by atoms with Gasteiger partial charge in [0.2, 0.25) is 0 Å². The number of carbonyl (C=O) groups excluding carboxylic acids is 1. The standard InChI is InChI=1S/C9H11ClN2O2/c1-5(11)6-3-7(9(13)14-2)8(10)12-4-6/h3-5H,11H2,1-2H3/t5-/m0/s1. The van der Waals surface area contributed by atoms with E-state index in [9.17, 15) is 4.79 Å². The van der Waals surface area contributed by atoms with Gasteiger partial charge in [-0.2, -0.15) is 0 Å². The Morgan fingerprint density at radius 2 is 2.36 bits per heavy atom. The molecule has 1 rings (SSSR count). The second-order valence-corrected chi connectivity index (χ2v) is 3.25. The number of halogens is 1. The Balaban J connectivity index is 3.15. The second-order valence-electron chi connectivity index (χ2n) is 2.89. The molecule has 0 aliphatic carbocycles. The molecule has 1 aromatic rings. The molecule has 0 saturated carbocycles. The molecule has 0 amide bonds. The van der Waals surface area contributed by atoms with Gasteiger partial charge < -0.3 is 10.5 Å². The number of aromatic nitrogens is 1. The van der Waals surface area contributed by atoms with E-state index >= 15 is 0 Å². The number of hydrogen-bond acceptors (Lipinski definition) is 4. The summed E-state index contributed by atoms with van der Waals surface area (Å²) in [5, 5.41) is 0.126. The van der Waals surface area contributed by atoms with Gasteiger partial charge in [-0.05, 0) is 18.6 Å². The second kappa shape index (κ2) is 4.39. The zero-order valence-electron chi connectivity index (χ0n) is 7.95. The molecule has 2 N–H and O–H groups in total. The van der Waals surface area contributed by atoms with Crippen molar-refractivity contribution in [3.63, 3.8) is 0 Å². The van der Waals surface area contributed by atoms with Gasteiger partial charge in [0.25, 0.3) is 0 Å². The van der Waals surface area contributed by atoms with Crippen molar-refractivity contribution >= 4 is 17.6 Å². The average molecular weight is 215 g/mol. The summed E-state index contributed by atoms with van der Waals surface area (Å²) in [5.41, 5.74) is 6.62. The van der Waals surface area contributed by atoms with Crippen LogP contribution in [0.4, 0.5) is 0 Å². The molecule has 1 atom stereocenters. The highest BCUT2D eigenvalue weighted by atomic mass is 35.5. The predicted octanol–water partition coefficient (Wildman–Crippen LogP) is 1.54. The van der Waals surface area contributed by atoms with E-state index in [0.29, 0.717) is 0 Å². The van der Waals surface area contributed by atoms with Crippen molar-refractivity contribution in [1.29, 1.82) is 0 Å². The summed E-state index contributed by atoms with van der Waals surface area (Å²) in [6.07, 6.45) is 1.54. The van der Waals surface area contributed by atoms with Crippen molar-refractivity contribution in [2.24, 2.45) is 5.73 Å². The number of ether oxygens (including phenoxy) is 1. The monoisotopic (exact) mass is 214 g/mol. The third-order valence-corrected chi connectivity index (χ3v) is 2.09. The highest BCUT2D eigenvalue weighted by Gasteiger charge is 2.13. The van der Waals surface area contributed by atoms with Crippen LogP contribution in [0.25, 0.3) is 0 Å². The molecule has 0 aliphatic rings. The molecular formula is C9H11ClN2O2. The van der Waals surface area contributed by atoms with Crippen LogP contribution in [0.15, 0.2) is 12.3 Å². The van der Waals surface area contributed by atoms with Gasteiger partial charge in [-0.25, -0.2) is 9.78 Å². The Labute approximate surface area is 87.0 Å². The van der Waals surface area contributed by atoms with Gasteiger partial charge in [-0.3, -0.25) is 0 Å². The topological polar surface area (TPSA) is 65.2 Å². The molecule has 0 fully saturated rings. The van der Waals surface area contributed by atoms with Crippen LogP contribution in [-0.2, 0) is 4.74 Å². The van der Waals surface area contributed by atoms with E-state index in [-0.39, 0.29) is 16.8 Å². The van der Waals surface area contributed by atoms with E-state index in [0.717, 1.165) is 5.56 Å². The van der Waals surface area contributed by atoms with E-state index in [2.05, 4.69) is 9.72 Å². The van der Waals surface area contributed by atoms with Crippen molar-refractivity contribution in [1.82, 2.24) is 4.98 Å². The van der Waals surface area contributed by atoms with Crippen LogP contribution in [-0.4, -0.2) is 18.1 Å². The van der Waals surface area contributed by atoms with Crippen molar-refractivity contribution in [3.8, 4) is 0 Å². The number of methoxy groups -OCH3 is 1. The van der Waals surface area contributed by atoms with E-state index in [1.165, 1.54) is 7.11 Å². The third-order valence-electron chi connectivity index (χ3n) is 1.79. The van der Waals surface area contributed by atoms with Crippen LogP contribution in [0.1, 0.15) is 28.9 Å². The van der Waals surface area contributed by atoms with E-state index in [1.807, 2.05) is 0 Å². The molecule has 0 unspecified atom stereocenters. The van der Waals surface area contributed by atoms with Crippen molar-refractivity contribution in [3.05, 3.63) is 28.5 Å². The highest BCUT2D eigenvalue weighted by molar-refractivity contribution is 6.32. The normalized spacial score (nSPS) is 12.3. The Kier molecular flexibility index (Phi) is 3.43. The van der Waals surface area contributed by atoms with Crippen LogP contribution in [0.3, 0.4) is 0 Å². The minimum absolute atomic E-state index is 0.126. The highest BCUT2D eigenvalue weighted by Crippen LogP contribution is 2.18. The number of nitrogens with zero attached hydrogens (tertiary/aromatic N) is 1. The quantitative estimate of drug-likeness (QED) is 0.599. The molecule has 1 aromatic heterocycles. The number of carbonyl (C=O) groups is 1. The molecule has 1 heterocycles. The van der Waals surface area contributed by atoms with Crippen molar-refractivity contribution in [2.75, 3.05) is 7.11 Å². The van der Waals surface area contributed by atoms with Crippen LogP contribution in [0, 0.1) is 0 Å². The number of nitrogens with two attached hydrogens (primary N) is 1. The first-order chi connectivity index (χ1) is 6.56. The molecule has 0 radical (unpaired) electrons. The first kappa shape index (κ1) is 10.9. The molecule has 0 aromatic carbocycles. The molecular weight excluding hydrogens is 204 g/mol. The Morgan fingerprint density at radius 1 is 1.71 bits per heavy atom. The molecule has 14 heavy (non-hydrogen) atoms. The summed E-state index contributed by atoms with van der Waals surface area (Å²) in [7, 11) is 1.29. The predicted molar refractivity (Wildman–Crippen MR) is 53.2 cm³/mol. The van der Waals surface area contributed by atoms with Crippen LogP contribution in [0.2, 0.25) is 5.15 Å². The lowest BCUT2D eigenvalue weighted by molar-refractivity contribution is 0.0600. The fourth-order valence-corrected chi connectivity index (χ4v) is 1.15. The molecule has 0 spiro atoms. The Bertz CT molecular complexity index is 353. The average Bonchev–Trinajstić information content (AvgIpc) is 2.17. The zero-order chi connectivity index (χ0) is 10.7. The van der Waals surface area contributed by atoms with Crippen molar-refractivity contribution < 1.29 is 9.53 Å². The number of hydrogen-bond donors (Lipinski definition) is 1. The molecule has 76 valence electrons. The summed E-state index contributed by atoms with van der Waals surface area (Å²) in [6.45, 7) is 1.80. The molecule has 0 saturated heterocycles. The summed E-state index contributed by atoms with van der Waals surface area (Å²) in [4.78, 5) is 15.1. The SMILES string of the molecule is COC(=O)c1cc([C@H](C)N)cnc1Cl. The van der Waals surface area contributed by atoms with Crippen LogP contribution >= 0.6 is 11.6 Å². The molecule has 0 aliphatic heterocycles. The smallest absolute Gasteiger partial charge is 0.341 e. The molecule has 4 nitrogen and oxygen atoms in total. The fraction of sp³-hybridized carbons (Fsp3) is 0.333. The van der Waals surface area contributed by atoms with Gasteiger partial charge >= 0.3 is 5.97 Å². The van der Waals surface area contributed by atoms with Gasteiger partial charge in [0.05, 0.1) is 12.7 Å². The van der Waals surface area contributed by atoms with Gasteiger partial charge in [0.1, 0.15) is 5.15 Å². The van der Waals surface area contributed by atoms with E-state index in [4.69, 9.17) is 17.3 Å². The van der Waals surface area contributed by atoms with E-state index in [1.54, 1.807) is 19.2 Å². The minimum atomic E-state index is -0.509. The van der Waals surface area contributed by atoms with E-state index < -0.39 is 5.97 Å². The summed E-state index contributed by atoms with van der Waals surface area (Å²) >= 11 is 5.72. The summed E-state index contributed by atoms with van der Waals surface area (Å²) in [6, 6.07) is 1.40. The van der Waals surface area contributed by atoms with Crippen LogP contribution in [0.5, 0.6) is 0 Å². The largest absolute Gasteiger partial charge is 0.465 e. The summed E-state index contributed by atoms with van der Waals surface area (Å²) < 4.78 is 4.55. The van der Waals surface area contributed by atoms with Gasteiger partial charge in [0.15, 0.2) is 0 Å². The minimum Gasteiger partial charge on any atom is -0.465 e.